The lowest BCUT2D eigenvalue weighted by Crippen LogP contribution is -2.30. The number of ether oxygens (including phenoxy) is 3. The van der Waals surface area contributed by atoms with Crippen LogP contribution in [0.4, 0.5) is 0 Å². The fourth-order valence-corrected chi connectivity index (χ4v) is 7.55. The minimum absolute atomic E-state index is 0.128. The van der Waals surface area contributed by atoms with Crippen LogP contribution in [0.15, 0.2) is 194 Å². The molecule has 1 unspecified atom stereocenters. The zero-order valence-corrected chi connectivity index (χ0v) is 50.0. The van der Waals surface area contributed by atoms with E-state index in [1.54, 1.807) is 0 Å². The molecule has 0 aromatic carbocycles. The number of unbranched alkanes of at least 4 members (excludes halogenated alkanes) is 10. The first kappa shape index (κ1) is 73.2. The highest BCUT2D eigenvalue weighted by molar-refractivity contribution is 5.71. The van der Waals surface area contributed by atoms with Crippen molar-refractivity contribution < 1.29 is 28.6 Å². The van der Waals surface area contributed by atoms with E-state index in [0.29, 0.717) is 19.3 Å². The molecule has 0 saturated heterocycles. The van der Waals surface area contributed by atoms with Gasteiger partial charge in [0, 0.05) is 19.3 Å². The normalized spacial score (nSPS) is 13.5. The van der Waals surface area contributed by atoms with Crippen molar-refractivity contribution in [3.8, 4) is 0 Å². The molecule has 6 nitrogen and oxygen atoms in total. The number of carbonyl (C=O) groups excluding carboxylic acids is 3. The van der Waals surface area contributed by atoms with Crippen LogP contribution >= 0.6 is 0 Å². The Morgan fingerprint density at radius 3 is 0.772 bits per heavy atom. The third-order valence-corrected chi connectivity index (χ3v) is 12.1. The highest BCUT2D eigenvalue weighted by atomic mass is 16.6. The molecule has 0 aliphatic rings. The molecule has 0 heterocycles. The lowest BCUT2D eigenvalue weighted by atomic mass is 10.1. The molecule has 0 N–H and O–H groups in total. The van der Waals surface area contributed by atoms with Gasteiger partial charge in [0.25, 0.3) is 0 Å². The van der Waals surface area contributed by atoms with Gasteiger partial charge in [0.1, 0.15) is 13.2 Å². The molecule has 0 aromatic rings. The summed E-state index contributed by atoms with van der Waals surface area (Å²) in [6.45, 7) is 6.27. The second kappa shape index (κ2) is 64.8. The summed E-state index contributed by atoms with van der Waals surface area (Å²) < 4.78 is 16.7. The minimum atomic E-state index is -0.842. The van der Waals surface area contributed by atoms with E-state index in [4.69, 9.17) is 14.2 Å². The highest BCUT2D eigenvalue weighted by Crippen LogP contribution is 2.12. The summed E-state index contributed by atoms with van der Waals surface area (Å²) in [6, 6.07) is 0. The standard InChI is InChI=1S/C73H110O6/c1-4-7-10-13-16-19-21-23-25-27-29-31-33-34-35-36-37-38-40-41-43-45-47-49-51-54-57-60-63-66-72(75)78-69-70(68-77-71(74)65-62-59-56-53-18-15-12-9-6-3)79-73(76)67-64-61-58-55-52-50-48-46-44-42-39-32-30-28-26-24-22-20-17-14-11-8-5-2/h7-8,10-11,16-17,19-20,23-26,29-32,34-35,37-38,41-44,47-50,54-55,57-58,70H,4-6,9,12-15,18,21-22,27-28,33,36,39-40,45-46,51-53,56,59-69H2,1-3H3/b10-7-,11-8-,19-16-,20-17-,25-23-,26-24-,31-29-,32-30-,35-34-,38-37-,43-41-,44-42-,49-47-,50-48-,57-54-,58-55-. The van der Waals surface area contributed by atoms with Crippen LogP contribution in [0.1, 0.15) is 226 Å². The molecular weight excluding hydrogens is 973 g/mol. The molecule has 0 radical (unpaired) electrons. The average Bonchev–Trinajstić information content (AvgIpc) is 3.45. The quantitative estimate of drug-likeness (QED) is 0.0261. The second-order valence-corrected chi connectivity index (χ2v) is 19.5. The predicted molar refractivity (Wildman–Crippen MR) is 343 cm³/mol. The number of hydrogen-bond donors (Lipinski definition) is 0. The van der Waals surface area contributed by atoms with E-state index in [2.05, 4.69) is 215 Å². The van der Waals surface area contributed by atoms with Gasteiger partial charge in [-0.05, 0) is 135 Å². The summed E-state index contributed by atoms with van der Waals surface area (Å²) in [5, 5.41) is 0. The Kier molecular flexibility index (Phi) is 60.1. The van der Waals surface area contributed by atoms with E-state index in [0.717, 1.165) is 135 Å². The first-order valence-corrected chi connectivity index (χ1v) is 30.9. The Bertz CT molecular complexity index is 1920. The van der Waals surface area contributed by atoms with Crippen molar-refractivity contribution in [3.63, 3.8) is 0 Å². The topological polar surface area (TPSA) is 78.9 Å². The number of rotatable bonds is 53. The first-order chi connectivity index (χ1) is 39.0. The van der Waals surface area contributed by atoms with Crippen LogP contribution in [-0.2, 0) is 28.6 Å². The zero-order chi connectivity index (χ0) is 57.1. The Morgan fingerprint density at radius 2 is 0.494 bits per heavy atom. The average molecular weight is 1080 g/mol. The van der Waals surface area contributed by atoms with Crippen LogP contribution in [0.5, 0.6) is 0 Å². The maximum atomic E-state index is 12.8. The number of esters is 3. The summed E-state index contributed by atoms with van der Waals surface area (Å²) in [4.78, 5) is 38.1. The van der Waals surface area contributed by atoms with Crippen molar-refractivity contribution >= 4 is 17.9 Å². The summed E-state index contributed by atoms with van der Waals surface area (Å²) in [6.07, 6.45) is 98.8. The van der Waals surface area contributed by atoms with Gasteiger partial charge in [0.05, 0.1) is 0 Å². The molecule has 0 bridgehead atoms. The van der Waals surface area contributed by atoms with Crippen LogP contribution < -0.4 is 0 Å². The third-order valence-electron chi connectivity index (χ3n) is 12.1. The summed E-state index contributed by atoms with van der Waals surface area (Å²) in [5.41, 5.74) is 0. The molecule has 0 spiro atoms. The maximum Gasteiger partial charge on any atom is 0.306 e. The molecule has 0 aromatic heterocycles. The number of hydrogen-bond acceptors (Lipinski definition) is 6. The summed E-state index contributed by atoms with van der Waals surface area (Å²) in [7, 11) is 0. The van der Waals surface area contributed by atoms with Gasteiger partial charge in [-0.15, -0.1) is 0 Å². The van der Waals surface area contributed by atoms with Gasteiger partial charge in [0.2, 0.25) is 0 Å². The van der Waals surface area contributed by atoms with E-state index in [1.807, 2.05) is 0 Å². The number of allylic oxidation sites excluding steroid dienone is 32. The van der Waals surface area contributed by atoms with Crippen molar-refractivity contribution in [2.45, 2.75) is 232 Å². The van der Waals surface area contributed by atoms with E-state index >= 15 is 0 Å². The maximum absolute atomic E-state index is 12.8. The summed E-state index contributed by atoms with van der Waals surface area (Å²) in [5.74, 6) is -1.07. The van der Waals surface area contributed by atoms with Crippen molar-refractivity contribution in [1.82, 2.24) is 0 Å². The molecule has 0 amide bonds. The third kappa shape index (κ3) is 63.0. The second-order valence-electron chi connectivity index (χ2n) is 19.5. The smallest absolute Gasteiger partial charge is 0.306 e. The Labute approximate surface area is 484 Å². The summed E-state index contributed by atoms with van der Waals surface area (Å²) >= 11 is 0. The van der Waals surface area contributed by atoms with Gasteiger partial charge in [-0.2, -0.15) is 0 Å². The zero-order valence-electron chi connectivity index (χ0n) is 50.0. The molecule has 6 heteroatoms. The Balaban J connectivity index is 4.49. The van der Waals surface area contributed by atoms with Crippen molar-refractivity contribution in [3.05, 3.63) is 194 Å². The molecule has 0 saturated carbocycles. The van der Waals surface area contributed by atoms with Crippen LogP contribution in [-0.4, -0.2) is 37.2 Å². The lowest BCUT2D eigenvalue weighted by Gasteiger charge is -2.18. The molecule has 79 heavy (non-hydrogen) atoms. The minimum Gasteiger partial charge on any atom is -0.462 e. The molecule has 1 atom stereocenters. The molecular formula is C73H110O6. The molecule has 438 valence electrons. The fraction of sp³-hybridized carbons (Fsp3) is 0.521. The van der Waals surface area contributed by atoms with Crippen molar-refractivity contribution in [1.29, 1.82) is 0 Å². The van der Waals surface area contributed by atoms with E-state index in [1.165, 1.54) is 38.5 Å². The van der Waals surface area contributed by atoms with Gasteiger partial charge in [-0.25, -0.2) is 0 Å². The molecule has 0 fully saturated rings. The van der Waals surface area contributed by atoms with Gasteiger partial charge >= 0.3 is 17.9 Å². The highest BCUT2D eigenvalue weighted by Gasteiger charge is 2.19. The van der Waals surface area contributed by atoms with Crippen LogP contribution in [0.25, 0.3) is 0 Å². The Morgan fingerprint density at radius 1 is 0.266 bits per heavy atom. The molecule has 0 rings (SSSR count). The van der Waals surface area contributed by atoms with Gasteiger partial charge < -0.3 is 14.2 Å². The SMILES string of the molecule is CC/C=C\C/C=C\C/C=C\C/C=C\C/C=C\C/C=C\C/C=C\C/C=C\C/C=C\CCCC(=O)OCC(COC(=O)CCCCCCCCCCC)OC(=O)CCC/C=C\C/C=C\C/C=C\C/C=C\C/C=C\C/C=C\C/C=C\CC. The van der Waals surface area contributed by atoms with Crippen LogP contribution in [0.3, 0.4) is 0 Å². The fourth-order valence-electron chi connectivity index (χ4n) is 7.55. The van der Waals surface area contributed by atoms with Gasteiger partial charge in [-0.3, -0.25) is 14.4 Å². The number of carbonyl (C=O) groups is 3. The van der Waals surface area contributed by atoms with Gasteiger partial charge in [0.15, 0.2) is 6.10 Å². The van der Waals surface area contributed by atoms with Crippen molar-refractivity contribution in [2.75, 3.05) is 13.2 Å². The monoisotopic (exact) mass is 1080 g/mol. The first-order valence-electron chi connectivity index (χ1n) is 30.9. The van der Waals surface area contributed by atoms with E-state index in [-0.39, 0.29) is 38.0 Å². The lowest BCUT2D eigenvalue weighted by molar-refractivity contribution is -0.167. The van der Waals surface area contributed by atoms with E-state index < -0.39 is 12.1 Å². The van der Waals surface area contributed by atoms with Crippen LogP contribution in [0, 0.1) is 0 Å². The predicted octanol–water partition coefficient (Wildman–Crippen LogP) is 21.4. The van der Waals surface area contributed by atoms with Crippen molar-refractivity contribution in [2.24, 2.45) is 0 Å². The van der Waals surface area contributed by atoms with Gasteiger partial charge in [-0.1, -0.05) is 267 Å². The Hall–Kier alpha value is -5.75. The molecule has 0 aliphatic carbocycles. The van der Waals surface area contributed by atoms with Crippen LogP contribution in [0.2, 0.25) is 0 Å². The largest absolute Gasteiger partial charge is 0.462 e. The van der Waals surface area contributed by atoms with E-state index in [9.17, 15) is 14.4 Å². The molecule has 0 aliphatic heterocycles.